The number of carboxylic acid groups (broad SMARTS) is 1. The van der Waals surface area contributed by atoms with Gasteiger partial charge in [-0.3, -0.25) is 14.5 Å². The highest BCUT2D eigenvalue weighted by Gasteiger charge is 2.31. The van der Waals surface area contributed by atoms with Crippen LogP contribution in [0.3, 0.4) is 0 Å². The SMILES string of the molecule is Cc1ccc(/C=C2/SC(=S)N(CCCC(=O)O)C2=O)cc1. The molecule has 0 bridgehead atoms. The van der Waals surface area contributed by atoms with Crippen molar-refractivity contribution in [2.75, 3.05) is 6.54 Å². The summed E-state index contributed by atoms with van der Waals surface area (Å²) in [4.78, 5) is 24.8. The molecule has 0 saturated carbocycles. The first-order valence-electron chi connectivity index (χ1n) is 6.51. The van der Waals surface area contributed by atoms with Gasteiger partial charge in [-0.25, -0.2) is 0 Å². The average molecular weight is 321 g/mol. The Labute approximate surface area is 132 Å². The van der Waals surface area contributed by atoms with Crippen LogP contribution in [0.15, 0.2) is 29.2 Å². The van der Waals surface area contributed by atoms with Crippen LogP contribution < -0.4 is 0 Å². The molecule has 4 nitrogen and oxygen atoms in total. The van der Waals surface area contributed by atoms with Gasteiger partial charge in [-0.05, 0) is 25.0 Å². The van der Waals surface area contributed by atoms with Crippen molar-refractivity contribution in [1.82, 2.24) is 4.90 Å². The lowest BCUT2D eigenvalue weighted by atomic mass is 10.1. The zero-order valence-electron chi connectivity index (χ0n) is 11.5. The third-order valence-electron chi connectivity index (χ3n) is 3.02. The van der Waals surface area contributed by atoms with Crippen LogP contribution in [0, 0.1) is 6.92 Å². The van der Waals surface area contributed by atoms with Crippen molar-refractivity contribution in [1.29, 1.82) is 0 Å². The van der Waals surface area contributed by atoms with Crippen molar-refractivity contribution in [3.8, 4) is 0 Å². The standard InChI is InChI=1S/C15H15NO3S2/c1-10-4-6-11(7-5-10)9-12-14(19)16(15(20)21-12)8-2-3-13(17)18/h4-7,9H,2-3,8H2,1H3,(H,17,18)/b12-9+. The normalized spacial score (nSPS) is 16.8. The number of carboxylic acids is 1. The van der Waals surface area contributed by atoms with Crippen molar-refractivity contribution < 1.29 is 14.7 Å². The van der Waals surface area contributed by atoms with Crippen LogP contribution in [0.25, 0.3) is 6.08 Å². The lowest BCUT2D eigenvalue weighted by Crippen LogP contribution is -2.29. The maximum atomic E-state index is 12.3. The van der Waals surface area contributed by atoms with Crippen LogP contribution in [0.4, 0.5) is 0 Å². The van der Waals surface area contributed by atoms with E-state index in [0.29, 0.717) is 22.2 Å². The Morgan fingerprint density at radius 2 is 2.05 bits per heavy atom. The summed E-state index contributed by atoms with van der Waals surface area (Å²) in [6.07, 6.45) is 2.25. The number of nitrogens with zero attached hydrogens (tertiary/aromatic N) is 1. The second-order valence-electron chi connectivity index (χ2n) is 4.74. The van der Waals surface area contributed by atoms with Crippen molar-refractivity contribution in [2.24, 2.45) is 0 Å². The molecule has 0 spiro atoms. The molecule has 1 aliphatic heterocycles. The van der Waals surface area contributed by atoms with Gasteiger partial charge in [0.25, 0.3) is 5.91 Å². The summed E-state index contributed by atoms with van der Waals surface area (Å²) in [6, 6.07) is 7.87. The number of carbonyl (C=O) groups is 2. The summed E-state index contributed by atoms with van der Waals surface area (Å²) in [7, 11) is 0. The molecule has 0 atom stereocenters. The van der Waals surface area contributed by atoms with E-state index in [2.05, 4.69) is 0 Å². The fourth-order valence-electron chi connectivity index (χ4n) is 1.90. The van der Waals surface area contributed by atoms with E-state index in [1.807, 2.05) is 37.3 Å². The van der Waals surface area contributed by atoms with Gasteiger partial charge in [0.2, 0.25) is 0 Å². The maximum Gasteiger partial charge on any atom is 0.303 e. The average Bonchev–Trinajstić information content (AvgIpc) is 2.68. The third-order valence-corrected chi connectivity index (χ3v) is 4.40. The lowest BCUT2D eigenvalue weighted by molar-refractivity contribution is -0.137. The van der Waals surface area contributed by atoms with Gasteiger partial charge >= 0.3 is 5.97 Å². The monoisotopic (exact) mass is 321 g/mol. The van der Waals surface area contributed by atoms with Gasteiger partial charge < -0.3 is 5.11 Å². The summed E-state index contributed by atoms with van der Waals surface area (Å²) in [6.45, 7) is 2.36. The van der Waals surface area contributed by atoms with E-state index in [1.165, 1.54) is 16.7 Å². The molecule has 21 heavy (non-hydrogen) atoms. The number of thiocarbonyl (C=S) groups is 1. The second kappa shape index (κ2) is 6.87. The van der Waals surface area contributed by atoms with Crippen LogP contribution in [-0.4, -0.2) is 32.7 Å². The lowest BCUT2D eigenvalue weighted by Gasteiger charge is -2.13. The van der Waals surface area contributed by atoms with Crippen LogP contribution in [-0.2, 0) is 9.59 Å². The molecule has 6 heteroatoms. The molecular weight excluding hydrogens is 306 g/mol. The summed E-state index contributed by atoms with van der Waals surface area (Å²) in [5.41, 5.74) is 2.11. The van der Waals surface area contributed by atoms with E-state index in [1.54, 1.807) is 0 Å². The number of carbonyl (C=O) groups excluding carboxylic acids is 1. The van der Waals surface area contributed by atoms with Gasteiger partial charge in [0, 0.05) is 13.0 Å². The van der Waals surface area contributed by atoms with Gasteiger partial charge in [-0.2, -0.15) is 0 Å². The number of hydrogen-bond acceptors (Lipinski definition) is 4. The molecule has 110 valence electrons. The third kappa shape index (κ3) is 4.15. The molecular formula is C15H15NO3S2. The largest absolute Gasteiger partial charge is 0.481 e. The number of amides is 1. The van der Waals surface area contributed by atoms with E-state index in [-0.39, 0.29) is 12.3 Å². The fourth-order valence-corrected chi connectivity index (χ4v) is 3.20. The minimum atomic E-state index is -0.865. The van der Waals surface area contributed by atoms with Crippen LogP contribution in [0.2, 0.25) is 0 Å². The topological polar surface area (TPSA) is 57.6 Å². The van der Waals surface area contributed by atoms with Gasteiger partial charge in [-0.1, -0.05) is 53.8 Å². The molecule has 1 fully saturated rings. The molecule has 0 unspecified atom stereocenters. The second-order valence-corrected chi connectivity index (χ2v) is 6.42. The van der Waals surface area contributed by atoms with Gasteiger partial charge in [0.05, 0.1) is 4.91 Å². The predicted molar refractivity (Wildman–Crippen MR) is 87.9 cm³/mol. The Morgan fingerprint density at radius 1 is 1.38 bits per heavy atom. The summed E-state index contributed by atoms with van der Waals surface area (Å²) >= 11 is 6.45. The molecule has 0 aliphatic carbocycles. The van der Waals surface area contributed by atoms with E-state index in [0.717, 1.165) is 11.1 Å². The van der Waals surface area contributed by atoms with Crippen molar-refractivity contribution >= 4 is 46.3 Å². The Morgan fingerprint density at radius 3 is 2.67 bits per heavy atom. The molecule has 1 aromatic carbocycles. The van der Waals surface area contributed by atoms with Crippen LogP contribution in [0.1, 0.15) is 24.0 Å². The Bertz CT molecular complexity index is 608. The minimum Gasteiger partial charge on any atom is -0.481 e. The number of thioether (sulfide) groups is 1. The first-order chi connectivity index (χ1) is 9.97. The zero-order chi connectivity index (χ0) is 15.4. The number of aryl methyl sites for hydroxylation is 1. The maximum absolute atomic E-state index is 12.3. The summed E-state index contributed by atoms with van der Waals surface area (Å²) in [5, 5.41) is 8.64. The number of hydrogen-bond donors (Lipinski definition) is 1. The number of rotatable bonds is 5. The van der Waals surface area contributed by atoms with Gasteiger partial charge in [0.1, 0.15) is 4.32 Å². The van der Waals surface area contributed by atoms with Crippen LogP contribution >= 0.6 is 24.0 Å². The van der Waals surface area contributed by atoms with Crippen molar-refractivity contribution in [3.05, 3.63) is 40.3 Å². The summed E-state index contributed by atoms with van der Waals surface area (Å²) in [5.74, 6) is -1.01. The Kier molecular flexibility index (Phi) is 5.14. The highest BCUT2D eigenvalue weighted by Crippen LogP contribution is 2.32. The van der Waals surface area contributed by atoms with Gasteiger partial charge in [-0.15, -0.1) is 0 Å². The molecule has 1 aromatic rings. The predicted octanol–water partition coefficient (Wildman–Crippen LogP) is 3.06. The molecule has 1 saturated heterocycles. The molecule has 0 aromatic heterocycles. The first kappa shape index (κ1) is 15.7. The van der Waals surface area contributed by atoms with E-state index < -0.39 is 5.97 Å². The molecule has 1 aliphatic rings. The van der Waals surface area contributed by atoms with E-state index >= 15 is 0 Å². The fraction of sp³-hybridized carbons (Fsp3) is 0.267. The quantitative estimate of drug-likeness (QED) is 0.667. The summed E-state index contributed by atoms with van der Waals surface area (Å²) < 4.78 is 0.490. The highest BCUT2D eigenvalue weighted by atomic mass is 32.2. The molecule has 1 amide bonds. The Hall–Kier alpha value is -1.66. The van der Waals surface area contributed by atoms with Crippen molar-refractivity contribution in [3.63, 3.8) is 0 Å². The smallest absolute Gasteiger partial charge is 0.303 e. The molecule has 2 rings (SSSR count). The van der Waals surface area contributed by atoms with E-state index in [9.17, 15) is 9.59 Å². The highest BCUT2D eigenvalue weighted by molar-refractivity contribution is 8.26. The first-order valence-corrected chi connectivity index (χ1v) is 7.73. The van der Waals surface area contributed by atoms with Crippen LogP contribution in [0.5, 0.6) is 0 Å². The number of benzene rings is 1. The Balaban J connectivity index is 2.06. The van der Waals surface area contributed by atoms with Crippen molar-refractivity contribution in [2.45, 2.75) is 19.8 Å². The van der Waals surface area contributed by atoms with E-state index in [4.69, 9.17) is 17.3 Å². The molecule has 1 heterocycles. The molecule has 0 radical (unpaired) electrons. The molecule has 1 N–H and O–H groups in total. The zero-order valence-corrected chi connectivity index (χ0v) is 13.2. The number of aliphatic carboxylic acids is 1. The van der Waals surface area contributed by atoms with Gasteiger partial charge in [0.15, 0.2) is 0 Å². The minimum absolute atomic E-state index is 0.0358.